The SMILES string of the molecule is COc1ccc(C(O)CNC(=O)CCCOc2c(C)cccc2C)cc1OC. The molecule has 0 bridgehead atoms. The monoisotopic (exact) mass is 387 g/mol. The summed E-state index contributed by atoms with van der Waals surface area (Å²) in [7, 11) is 3.09. The van der Waals surface area contributed by atoms with Gasteiger partial charge >= 0.3 is 0 Å². The topological polar surface area (TPSA) is 77.0 Å². The number of hydrogen-bond acceptors (Lipinski definition) is 5. The standard InChI is InChI=1S/C22H29NO5/c1-15-7-5-8-16(2)22(15)28-12-6-9-21(25)23-14-18(24)17-10-11-19(26-3)20(13-17)27-4/h5,7-8,10-11,13,18,24H,6,9,12,14H2,1-4H3,(H,23,25). The first-order valence-electron chi connectivity index (χ1n) is 9.32. The number of aliphatic hydroxyl groups excluding tert-OH is 1. The van der Waals surface area contributed by atoms with Crippen LogP contribution in [0.25, 0.3) is 0 Å². The second kappa shape index (κ2) is 10.6. The van der Waals surface area contributed by atoms with E-state index in [2.05, 4.69) is 5.32 Å². The second-order valence-corrected chi connectivity index (χ2v) is 6.61. The third kappa shape index (κ3) is 5.89. The molecule has 0 saturated heterocycles. The molecule has 0 fully saturated rings. The molecule has 2 rings (SSSR count). The van der Waals surface area contributed by atoms with Crippen LogP contribution in [-0.2, 0) is 4.79 Å². The number of methoxy groups -OCH3 is 2. The van der Waals surface area contributed by atoms with Crippen LogP contribution in [0.4, 0.5) is 0 Å². The molecule has 0 aliphatic heterocycles. The first kappa shape index (κ1) is 21.6. The van der Waals surface area contributed by atoms with Gasteiger partial charge in [-0.25, -0.2) is 0 Å². The Morgan fingerprint density at radius 3 is 2.39 bits per heavy atom. The van der Waals surface area contributed by atoms with Gasteiger partial charge in [-0.3, -0.25) is 4.79 Å². The third-order valence-electron chi connectivity index (χ3n) is 4.49. The van der Waals surface area contributed by atoms with Crippen molar-refractivity contribution < 1.29 is 24.1 Å². The van der Waals surface area contributed by atoms with Crippen LogP contribution < -0.4 is 19.5 Å². The fourth-order valence-corrected chi connectivity index (χ4v) is 2.91. The highest BCUT2D eigenvalue weighted by Gasteiger charge is 2.13. The summed E-state index contributed by atoms with van der Waals surface area (Å²) in [4.78, 5) is 12.0. The van der Waals surface area contributed by atoms with E-state index in [4.69, 9.17) is 14.2 Å². The van der Waals surface area contributed by atoms with Crippen molar-refractivity contribution in [3.8, 4) is 17.2 Å². The largest absolute Gasteiger partial charge is 0.493 e. The van der Waals surface area contributed by atoms with Gasteiger partial charge in [0.25, 0.3) is 0 Å². The Balaban J connectivity index is 1.75. The lowest BCUT2D eigenvalue weighted by atomic mass is 10.1. The van der Waals surface area contributed by atoms with E-state index in [0.717, 1.165) is 16.9 Å². The minimum atomic E-state index is -0.824. The minimum absolute atomic E-state index is 0.121. The van der Waals surface area contributed by atoms with Crippen molar-refractivity contribution in [1.82, 2.24) is 5.32 Å². The summed E-state index contributed by atoms with van der Waals surface area (Å²) < 4.78 is 16.2. The molecule has 0 aliphatic rings. The Morgan fingerprint density at radius 1 is 1.07 bits per heavy atom. The van der Waals surface area contributed by atoms with Crippen molar-refractivity contribution in [1.29, 1.82) is 0 Å². The molecule has 1 amide bonds. The highest BCUT2D eigenvalue weighted by Crippen LogP contribution is 2.29. The van der Waals surface area contributed by atoms with Crippen LogP contribution in [0.1, 0.15) is 35.6 Å². The molecular formula is C22H29NO5. The third-order valence-corrected chi connectivity index (χ3v) is 4.49. The molecular weight excluding hydrogens is 358 g/mol. The van der Waals surface area contributed by atoms with Gasteiger partial charge in [0.1, 0.15) is 5.75 Å². The number of carbonyl (C=O) groups is 1. The fourth-order valence-electron chi connectivity index (χ4n) is 2.91. The quantitative estimate of drug-likeness (QED) is 0.612. The summed E-state index contributed by atoms with van der Waals surface area (Å²) in [5, 5.41) is 13.1. The van der Waals surface area contributed by atoms with Gasteiger partial charge in [0.2, 0.25) is 5.91 Å². The molecule has 0 spiro atoms. The number of hydrogen-bond donors (Lipinski definition) is 2. The van der Waals surface area contributed by atoms with Gasteiger partial charge in [0.05, 0.1) is 26.9 Å². The predicted octanol–water partition coefficient (Wildman–Crippen LogP) is 3.33. The molecule has 2 aromatic carbocycles. The average Bonchev–Trinajstić information content (AvgIpc) is 2.70. The van der Waals surface area contributed by atoms with Crippen molar-refractivity contribution in [2.24, 2.45) is 0 Å². The number of aryl methyl sites for hydroxylation is 2. The molecule has 0 saturated carbocycles. The van der Waals surface area contributed by atoms with E-state index in [1.54, 1.807) is 25.3 Å². The maximum Gasteiger partial charge on any atom is 0.220 e. The Hall–Kier alpha value is -2.73. The Kier molecular flexibility index (Phi) is 8.14. The number of carbonyl (C=O) groups excluding carboxylic acids is 1. The van der Waals surface area contributed by atoms with Crippen molar-refractivity contribution in [3.63, 3.8) is 0 Å². The predicted molar refractivity (Wildman–Crippen MR) is 108 cm³/mol. The first-order chi connectivity index (χ1) is 13.5. The van der Waals surface area contributed by atoms with E-state index in [-0.39, 0.29) is 12.5 Å². The maximum absolute atomic E-state index is 12.0. The van der Waals surface area contributed by atoms with Gasteiger partial charge < -0.3 is 24.6 Å². The van der Waals surface area contributed by atoms with Crippen LogP contribution in [0, 0.1) is 13.8 Å². The Labute approximate surface area is 166 Å². The van der Waals surface area contributed by atoms with Crippen LogP contribution in [0.3, 0.4) is 0 Å². The molecule has 0 aliphatic carbocycles. The summed E-state index contributed by atoms with van der Waals surface area (Å²) >= 11 is 0. The molecule has 28 heavy (non-hydrogen) atoms. The summed E-state index contributed by atoms with van der Waals surface area (Å²) in [6, 6.07) is 11.2. The van der Waals surface area contributed by atoms with Crippen LogP contribution in [0.2, 0.25) is 0 Å². The van der Waals surface area contributed by atoms with Crippen molar-refractivity contribution in [2.45, 2.75) is 32.8 Å². The highest BCUT2D eigenvalue weighted by atomic mass is 16.5. The molecule has 0 aromatic heterocycles. The molecule has 0 heterocycles. The molecule has 6 heteroatoms. The second-order valence-electron chi connectivity index (χ2n) is 6.61. The zero-order valence-corrected chi connectivity index (χ0v) is 17.0. The van der Waals surface area contributed by atoms with E-state index in [9.17, 15) is 9.90 Å². The summed E-state index contributed by atoms with van der Waals surface area (Å²) in [6.07, 6.45) is 0.116. The van der Waals surface area contributed by atoms with Crippen LogP contribution >= 0.6 is 0 Å². The van der Waals surface area contributed by atoms with Gasteiger partial charge in [-0.2, -0.15) is 0 Å². The Morgan fingerprint density at radius 2 is 1.75 bits per heavy atom. The molecule has 2 aromatic rings. The number of rotatable bonds is 10. The smallest absolute Gasteiger partial charge is 0.220 e. The van der Waals surface area contributed by atoms with Gasteiger partial charge in [0.15, 0.2) is 11.5 Å². The van der Waals surface area contributed by atoms with E-state index in [0.29, 0.717) is 36.5 Å². The molecule has 1 unspecified atom stereocenters. The fraction of sp³-hybridized carbons (Fsp3) is 0.409. The molecule has 6 nitrogen and oxygen atoms in total. The van der Waals surface area contributed by atoms with Gasteiger partial charge in [-0.05, 0) is 49.1 Å². The van der Waals surface area contributed by atoms with E-state index >= 15 is 0 Å². The van der Waals surface area contributed by atoms with Crippen molar-refractivity contribution in [2.75, 3.05) is 27.4 Å². The number of para-hydroxylation sites is 1. The molecule has 2 N–H and O–H groups in total. The first-order valence-corrected chi connectivity index (χ1v) is 9.32. The normalized spacial score (nSPS) is 11.6. The lowest BCUT2D eigenvalue weighted by Gasteiger charge is -2.15. The highest BCUT2D eigenvalue weighted by molar-refractivity contribution is 5.75. The zero-order valence-electron chi connectivity index (χ0n) is 17.0. The number of ether oxygens (including phenoxy) is 3. The summed E-state index contributed by atoms with van der Waals surface area (Å²) in [6.45, 7) is 4.61. The number of amides is 1. The lowest BCUT2D eigenvalue weighted by molar-refractivity contribution is -0.121. The molecule has 152 valence electrons. The van der Waals surface area contributed by atoms with Crippen molar-refractivity contribution >= 4 is 5.91 Å². The van der Waals surface area contributed by atoms with Crippen LogP contribution in [0.15, 0.2) is 36.4 Å². The van der Waals surface area contributed by atoms with E-state index in [1.807, 2.05) is 32.0 Å². The van der Waals surface area contributed by atoms with E-state index < -0.39 is 6.10 Å². The minimum Gasteiger partial charge on any atom is -0.493 e. The number of aliphatic hydroxyl groups is 1. The average molecular weight is 387 g/mol. The summed E-state index contributed by atoms with van der Waals surface area (Å²) in [5.74, 6) is 1.89. The van der Waals surface area contributed by atoms with Gasteiger partial charge in [0, 0.05) is 13.0 Å². The van der Waals surface area contributed by atoms with E-state index in [1.165, 1.54) is 7.11 Å². The molecule has 1 atom stereocenters. The van der Waals surface area contributed by atoms with Crippen LogP contribution in [0.5, 0.6) is 17.2 Å². The lowest BCUT2D eigenvalue weighted by Crippen LogP contribution is -2.28. The maximum atomic E-state index is 12.0. The van der Waals surface area contributed by atoms with Crippen molar-refractivity contribution in [3.05, 3.63) is 53.1 Å². The number of nitrogens with one attached hydrogen (secondary N) is 1. The molecule has 0 radical (unpaired) electrons. The summed E-state index contributed by atoms with van der Waals surface area (Å²) in [5.41, 5.74) is 2.82. The van der Waals surface area contributed by atoms with Crippen LogP contribution in [-0.4, -0.2) is 38.4 Å². The number of benzene rings is 2. The zero-order chi connectivity index (χ0) is 20.5. The Bertz CT molecular complexity index is 770. The van der Waals surface area contributed by atoms with Gasteiger partial charge in [-0.15, -0.1) is 0 Å². The van der Waals surface area contributed by atoms with Gasteiger partial charge in [-0.1, -0.05) is 24.3 Å².